The number of fused-ring (bicyclic) bond motifs is 3. The van der Waals surface area contributed by atoms with Crippen LogP contribution in [0.25, 0.3) is 0 Å². The Bertz CT molecular complexity index is 541. The number of esters is 1. The molecule has 1 saturated heterocycles. The number of ether oxygens (including phenoxy) is 2. The molecule has 1 aromatic carbocycles. The van der Waals surface area contributed by atoms with Crippen molar-refractivity contribution < 1.29 is 14.3 Å². The maximum absolute atomic E-state index is 12.0. The summed E-state index contributed by atoms with van der Waals surface area (Å²) in [6.07, 6.45) is 3.46. The molecule has 1 aromatic rings. The molecule has 120 valence electrons. The molecular formula is C18H25NO3. The van der Waals surface area contributed by atoms with Gasteiger partial charge in [-0.15, -0.1) is 0 Å². The van der Waals surface area contributed by atoms with Crippen molar-refractivity contribution in [2.75, 3.05) is 26.3 Å². The van der Waals surface area contributed by atoms with Crippen LogP contribution in [-0.2, 0) is 15.9 Å². The highest BCUT2D eigenvalue weighted by molar-refractivity contribution is 5.89. The van der Waals surface area contributed by atoms with Gasteiger partial charge in [0.2, 0.25) is 0 Å². The normalized spacial score (nSPS) is 24.5. The second kappa shape index (κ2) is 6.80. The molecule has 22 heavy (non-hydrogen) atoms. The lowest BCUT2D eigenvalue weighted by molar-refractivity contribution is -0.0801. The van der Waals surface area contributed by atoms with Crippen LogP contribution in [-0.4, -0.2) is 43.2 Å². The second-order valence-electron chi connectivity index (χ2n) is 6.07. The van der Waals surface area contributed by atoms with E-state index in [9.17, 15) is 4.79 Å². The Labute approximate surface area is 132 Å². The molecule has 2 aliphatic rings. The largest absolute Gasteiger partial charge is 0.462 e. The number of carbonyl (C=O) groups excluding carboxylic acids is 1. The summed E-state index contributed by atoms with van der Waals surface area (Å²) >= 11 is 0. The van der Waals surface area contributed by atoms with E-state index in [1.165, 1.54) is 17.5 Å². The maximum Gasteiger partial charge on any atom is 0.338 e. The van der Waals surface area contributed by atoms with E-state index in [1.54, 1.807) is 0 Å². The van der Waals surface area contributed by atoms with Gasteiger partial charge in [0.05, 0.1) is 24.9 Å². The lowest BCUT2D eigenvalue weighted by atomic mass is 9.83. The van der Waals surface area contributed by atoms with Crippen molar-refractivity contribution >= 4 is 5.97 Å². The Morgan fingerprint density at radius 3 is 3.05 bits per heavy atom. The van der Waals surface area contributed by atoms with E-state index in [0.29, 0.717) is 18.2 Å². The first-order valence-corrected chi connectivity index (χ1v) is 8.40. The van der Waals surface area contributed by atoms with Crippen LogP contribution < -0.4 is 0 Å². The summed E-state index contributed by atoms with van der Waals surface area (Å²) < 4.78 is 11.2. The smallest absolute Gasteiger partial charge is 0.338 e. The van der Waals surface area contributed by atoms with Gasteiger partial charge < -0.3 is 9.47 Å². The van der Waals surface area contributed by atoms with Crippen LogP contribution in [0.1, 0.15) is 54.3 Å². The van der Waals surface area contributed by atoms with E-state index in [1.807, 2.05) is 19.1 Å². The number of rotatable bonds is 4. The quantitative estimate of drug-likeness (QED) is 0.802. The van der Waals surface area contributed by atoms with Crippen molar-refractivity contribution in [3.63, 3.8) is 0 Å². The first-order valence-electron chi connectivity index (χ1n) is 8.40. The van der Waals surface area contributed by atoms with Crippen molar-refractivity contribution in [3.8, 4) is 0 Å². The molecule has 1 aliphatic carbocycles. The number of nitrogens with zero attached hydrogens (tertiary/aromatic N) is 1. The number of morpholine rings is 1. The molecule has 0 radical (unpaired) electrons. The lowest BCUT2D eigenvalue weighted by Crippen LogP contribution is -2.49. The highest BCUT2D eigenvalue weighted by Gasteiger charge is 2.37. The summed E-state index contributed by atoms with van der Waals surface area (Å²) in [5, 5.41) is 0. The average molecular weight is 303 g/mol. The molecule has 0 saturated carbocycles. The molecule has 4 nitrogen and oxygen atoms in total. The molecule has 2 atom stereocenters. The number of hydrogen-bond acceptors (Lipinski definition) is 4. The van der Waals surface area contributed by atoms with Crippen LogP contribution in [0.4, 0.5) is 0 Å². The fourth-order valence-electron chi connectivity index (χ4n) is 3.69. The molecule has 1 aliphatic heterocycles. The number of aryl methyl sites for hydroxylation is 1. The summed E-state index contributed by atoms with van der Waals surface area (Å²) in [6.45, 7) is 7.37. The van der Waals surface area contributed by atoms with E-state index in [-0.39, 0.29) is 12.1 Å². The van der Waals surface area contributed by atoms with Gasteiger partial charge >= 0.3 is 5.97 Å². The van der Waals surface area contributed by atoms with Gasteiger partial charge in [0.15, 0.2) is 0 Å². The fraction of sp³-hybridized carbons (Fsp3) is 0.611. The van der Waals surface area contributed by atoms with E-state index in [4.69, 9.17) is 9.47 Å². The Balaban J connectivity index is 1.88. The van der Waals surface area contributed by atoms with E-state index < -0.39 is 0 Å². The summed E-state index contributed by atoms with van der Waals surface area (Å²) in [7, 11) is 0. The zero-order valence-electron chi connectivity index (χ0n) is 13.5. The van der Waals surface area contributed by atoms with Gasteiger partial charge in [-0.1, -0.05) is 13.0 Å². The van der Waals surface area contributed by atoms with Gasteiger partial charge in [-0.05, 0) is 56.0 Å². The van der Waals surface area contributed by atoms with E-state index >= 15 is 0 Å². The third kappa shape index (κ3) is 2.90. The molecule has 0 amide bonds. The Morgan fingerprint density at radius 1 is 1.41 bits per heavy atom. The summed E-state index contributed by atoms with van der Waals surface area (Å²) in [5.74, 6) is -0.242. The predicted molar refractivity (Wildman–Crippen MR) is 85.1 cm³/mol. The van der Waals surface area contributed by atoms with Crippen LogP contribution in [0.15, 0.2) is 18.2 Å². The van der Waals surface area contributed by atoms with Gasteiger partial charge in [0, 0.05) is 12.6 Å². The summed E-state index contributed by atoms with van der Waals surface area (Å²) in [6, 6.07) is 6.38. The minimum absolute atomic E-state index is 0.0958. The van der Waals surface area contributed by atoms with Gasteiger partial charge in [-0.2, -0.15) is 0 Å². The standard InChI is InChI=1S/C18H25NO3/c1-3-9-19-10-11-22-17-15-12-14(18(20)21-4-2)6-5-13(15)7-8-16(17)19/h5-6,12,16-17H,3-4,7-11H2,1-2H3/t16-,17-/m0/s1. The van der Waals surface area contributed by atoms with Crippen molar-refractivity contribution in [1.82, 2.24) is 4.90 Å². The third-order valence-corrected chi connectivity index (χ3v) is 4.68. The van der Waals surface area contributed by atoms with Gasteiger partial charge in [-0.3, -0.25) is 4.90 Å². The third-order valence-electron chi connectivity index (χ3n) is 4.68. The number of carbonyl (C=O) groups is 1. The van der Waals surface area contributed by atoms with Crippen LogP contribution in [0.2, 0.25) is 0 Å². The van der Waals surface area contributed by atoms with Crippen molar-refractivity contribution in [1.29, 1.82) is 0 Å². The van der Waals surface area contributed by atoms with Crippen molar-refractivity contribution in [2.45, 2.75) is 45.3 Å². The van der Waals surface area contributed by atoms with Gasteiger partial charge in [0.1, 0.15) is 0 Å². The monoisotopic (exact) mass is 303 g/mol. The zero-order valence-corrected chi connectivity index (χ0v) is 13.5. The number of benzene rings is 1. The summed E-state index contributed by atoms with van der Waals surface area (Å²) in [4.78, 5) is 14.5. The second-order valence-corrected chi connectivity index (χ2v) is 6.07. The van der Waals surface area contributed by atoms with E-state index in [2.05, 4.69) is 17.9 Å². The molecule has 0 bridgehead atoms. The van der Waals surface area contributed by atoms with Crippen LogP contribution in [0, 0.1) is 0 Å². The molecule has 0 unspecified atom stereocenters. The first-order chi connectivity index (χ1) is 10.7. The first kappa shape index (κ1) is 15.5. The minimum Gasteiger partial charge on any atom is -0.462 e. The highest BCUT2D eigenvalue weighted by Crippen LogP contribution is 2.38. The zero-order chi connectivity index (χ0) is 15.5. The Kier molecular flexibility index (Phi) is 4.79. The topological polar surface area (TPSA) is 38.8 Å². The van der Waals surface area contributed by atoms with Crippen LogP contribution in [0.5, 0.6) is 0 Å². The minimum atomic E-state index is -0.242. The molecule has 4 heteroatoms. The van der Waals surface area contributed by atoms with Gasteiger partial charge in [0.25, 0.3) is 0 Å². The maximum atomic E-state index is 12.0. The molecular weight excluding hydrogens is 278 g/mol. The van der Waals surface area contributed by atoms with Gasteiger partial charge in [-0.25, -0.2) is 4.79 Å². The van der Waals surface area contributed by atoms with Crippen molar-refractivity contribution in [2.24, 2.45) is 0 Å². The molecule has 3 rings (SSSR count). The SMILES string of the molecule is CCCN1CCO[C@H]2c3cc(C(=O)OCC)ccc3CC[C@@H]21. The molecule has 0 aromatic heterocycles. The number of hydrogen-bond donors (Lipinski definition) is 0. The molecule has 1 fully saturated rings. The van der Waals surface area contributed by atoms with Crippen LogP contribution >= 0.6 is 0 Å². The average Bonchev–Trinajstić information content (AvgIpc) is 2.55. The molecule has 0 N–H and O–H groups in total. The highest BCUT2D eigenvalue weighted by atomic mass is 16.5. The fourth-order valence-corrected chi connectivity index (χ4v) is 3.69. The van der Waals surface area contributed by atoms with E-state index in [0.717, 1.165) is 32.5 Å². The Hall–Kier alpha value is -1.39. The Morgan fingerprint density at radius 2 is 2.27 bits per heavy atom. The lowest BCUT2D eigenvalue weighted by Gasteiger charge is -2.44. The van der Waals surface area contributed by atoms with Crippen LogP contribution in [0.3, 0.4) is 0 Å². The molecule has 0 spiro atoms. The predicted octanol–water partition coefficient (Wildman–Crippen LogP) is 2.96. The summed E-state index contributed by atoms with van der Waals surface area (Å²) in [5.41, 5.74) is 3.13. The molecule has 1 heterocycles. The van der Waals surface area contributed by atoms with Crippen molar-refractivity contribution in [3.05, 3.63) is 34.9 Å².